The Kier molecular flexibility index (Phi) is 4.26. The maximum atomic E-state index is 12.9. The Morgan fingerprint density at radius 2 is 1.81 bits per heavy atom. The zero-order valence-electron chi connectivity index (χ0n) is 14.6. The van der Waals surface area contributed by atoms with Crippen LogP contribution in [0, 0.1) is 0 Å². The van der Waals surface area contributed by atoms with Gasteiger partial charge in [0, 0.05) is 25.0 Å². The van der Waals surface area contributed by atoms with Gasteiger partial charge in [-0.25, -0.2) is 4.68 Å². The fraction of sp³-hybridized carbons (Fsp3) is 0.250. The molecule has 3 aromatic rings. The lowest BCUT2D eigenvalue weighted by molar-refractivity contribution is 0.0476. The molecule has 1 unspecified atom stereocenters. The summed E-state index contributed by atoms with van der Waals surface area (Å²) in [5.41, 5.74) is 1.34. The van der Waals surface area contributed by atoms with Crippen LogP contribution >= 0.6 is 0 Å². The van der Waals surface area contributed by atoms with Gasteiger partial charge in [0.15, 0.2) is 5.69 Å². The molecule has 26 heavy (non-hydrogen) atoms. The molecule has 1 fully saturated rings. The number of nitrogens with one attached hydrogen (secondary N) is 1. The molecule has 1 aromatic heterocycles. The number of likely N-dealkylation sites (tertiary alicyclic amines) is 1. The van der Waals surface area contributed by atoms with Crippen LogP contribution in [0.2, 0.25) is 0 Å². The molecule has 1 aliphatic rings. The molecule has 0 aliphatic carbocycles. The number of hydrogen-bond acceptors (Lipinski definition) is 4. The van der Waals surface area contributed by atoms with Crippen LogP contribution in [0.1, 0.15) is 28.5 Å². The topological polar surface area (TPSA) is 67.2 Å². The number of benzene rings is 2. The first kappa shape index (κ1) is 16.5. The zero-order valence-corrected chi connectivity index (χ0v) is 14.6. The van der Waals surface area contributed by atoms with Crippen molar-refractivity contribution in [2.24, 2.45) is 0 Å². The number of nitrogens with zero attached hydrogens (tertiary/aromatic N) is 3. The summed E-state index contributed by atoms with van der Waals surface area (Å²) in [6.07, 6.45) is 1.05. The largest absolute Gasteiger partial charge is 0.354 e. The van der Waals surface area contributed by atoms with Crippen molar-refractivity contribution in [1.29, 1.82) is 0 Å². The van der Waals surface area contributed by atoms with E-state index >= 15 is 0 Å². The second kappa shape index (κ2) is 6.72. The molecule has 132 valence electrons. The lowest BCUT2D eigenvalue weighted by atomic mass is 9.95. The molecule has 1 amide bonds. The molecule has 0 bridgehead atoms. The highest BCUT2D eigenvalue weighted by Gasteiger charge is 2.30. The molecule has 1 N–H and O–H groups in total. The molecule has 1 atom stereocenters. The zero-order chi connectivity index (χ0) is 18.1. The predicted molar refractivity (Wildman–Crippen MR) is 99.9 cm³/mol. The summed E-state index contributed by atoms with van der Waals surface area (Å²) >= 11 is 0. The van der Waals surface area contributed by atoms with Crippen LogP contribution in [0.3, 0.4) is 0 Å². The molecule has 6 nitrogen and oxygen atoms in total. The van der Waals surface area contributed by atoms with E-state index in [2.05, 4.69) is 27.4 Å². The lowest BCUT2D eigenvalue weighted by Gasteiger charge is -2.41. The maximum absolute atomic E-state index is 12.9. The second-order valence-corrected chi connectivity index (χ2v) is 6.45. The van der Waals surface area contributed by atoms with Crippen molar-refractivity contribution >= 4 is 16.7 Å². The van der Waals surface area contributed by atoms with Gasteiger partial charge in [-0.2, -0.15) is 5.10 Å². The number of hydrogen-bond donors (Lipinski definition) is 1. The van der Waals surface area contributed by atoms with Crippen LogP contribution in [0.5, 0.6) is 0 Å². The van der Waals surface area contributed by atoms with Gasteiger partial charge >= 0.3 is 0 Å². The van der Waals surface area contributed by atoms with E-state index in [1.807, 2.05) is 18.2 Å². The first-order chi connectivity index (χ1) is 12.7. The molecule has 6 heteroatoms. The number of carbonyl (C=O) groups excluding carboxylic acids is 1. The summed E-state index contributed by atoms with van der Waals surface area (Å²) in [6.45, 7) is 1.27. The summed E-state index contributed by atoms with van der Waals surface area (Å²) < 4.78 is 1.40. The third kappa shape index (κ3) is 2.78. The normalized spacial score (nSPS) is 17.0. The van der Waals surface area contributed by atoms with Gasteiger partial charge in [0.25, 0.3) is 11.5 Å². The Hall–Kier alpha value is -2.99. The van der Waals surface area contributed by atoms with Crippen LogP contribution in [-0.2, 0) is 6.67 Å². The van der Waals surface area contributed by atoms with E-state index in [4.69, 9.17) is 0 Å². The quantitative estimate of drug-likeness (QED) is 0.785. The Labute approximate surface area is 151 Å². The highest BCUT2D eigenvalue weighted by atomic mass is 16.2. The Bertz CT molecular complexity index is 1010. The predicted octanol–water partition coefficient (Wildman–Crippen LogP) is 2.16. The highest BCUT2D eigenvalue weighted by molar-refractivity contribution is 6.04. The van der Waals surface area contributed by atoms with E-state index in [1.54, 1.807) is 31.3 Å². The second-order valence-electron chi connectivity index (χ2n) is 6.45. The van der Waals surface area contributed by atoms with Crippen molar-refractivity contribution in [3.05, 3.63) is 76.2 Å². The molecule has 2 heterocycles. The van der Waals surface area contributed by atoms with Crippen LogP contribution in [0.4, 0.5) is 0 Å². The smallest absolute Gasteiger partial charge is 0.275 e. The molecule has 2 aromatic carbocycles. The number of carbonyl (C=O) groups is 1. The molecule has 0 radical (unpaired) electrons. The minimum atomic E-state index is -0.293. The van der Waals surface area contributed by atoms with Crippen LogP contribution < -0.4 is 10.9 Å². The lowest BCUT2D eigenvalue weighted by Crippen LogP contribution is -2.45. The third-order valence-corrected chi connectivity index (χ3v) is 4.94. The van der Waals surface area contributed by atoms with Gasteiger partial charge in [0.2, 0.25) is 0 Å². The van der Waals surface area contributed by atoms with E-state index in [-0.39, 0.29) is 23.2 Å². The van der Waals surface area contributed by atoms with E-state index in [1.165, 1.54) is 10.2 Å². The van der Waals surface area contributed by atoms with E-state index in [9.17, 15) is 9.59 Å². The fourth-order valence-electron chi connectivity index (χ4n) is 3.45. The summed E-state index contributed by atoms with van der Waals surface area (Å²) in [5.74, 6) is -0.293. The van der Waals surface area contributed by atoms with Crippen LogP contribution in [0.15, 0.2) is 59.4 Å². The summed E-state index contributed by atoms with van der Waals surface area (Å²) in [6, 6.07) is 17.6. The molecule has 1 saturated heterocycles. The molecular formula is C20H20N4O2. The molecule has 4 rings (SSSR count). The summed E-state index contributed by atoms with van der Waals surface area (Å²) in [5, 5.41) is 8.07. The monoisotopic (exact) mass is 348 g/mol. The van der Waals surface area contributed by atoms with Gasteiger partial charge in [0.05, 0.1) is 12.1 Å². The van der Waals surface area contributed by atoms with Crippen LogP contribution in [-0.4, -0.2) is 34.2 Å². The van der Waals surface area contributed by atoms with E-state index in [0.29, 0.717) is 17.4 Å². The summed E-state index contributed by atoms with van der Waals surface area (Å²) in [7, 11) is 1.56. The van der Waals surface area contributed by atoms with Gasteiger partial charge in [-0.1, -0.05) is 48.5 Å². The Morgan fingerprint density at radius 1 is 1.12 bits per heavy atom. The van der Waals surface area contributed by atoms with Gasteiger partial charge in [-0.15, -0.1) is 0 Å². The summed E-state index contributed by atoms with van der Waals surface area (Å²) in [4.78, 5) is 27.3. The highest BCUT2D eigenvalue weighted by Crippen LogP contribution is 2.33. The number of aromatic nitrogens is 2. The van der Waals surface area contributed by atoms with Gasteiger partial charge in [0.1, 0.15) is 0 Å². The van der Waals surface area contributed by atoms with Crippen molar-refractivity contribution in [1.82, 2.24) is 20.0 Å². The van der Waals surface area contributed by atoms with Crippen molar-refractivity contribution < 1.29 is 4.79 Å². The first-order valence-electron chi connectivity index (χ1n) is 8.70. The average Bonchev–Trinajstić information content (AvgIpc) is 2.67. The Balaban J connectivity index is 1.72. The van der Waals surface area contributed by atoms with Crippen molar-refractivity contribution in [3.63, 3.8) is 0 Å². The first-order valence-corrected chi connectivity index (χ1v) is 8.70. The molecule has 1 aliphatic heterocycles. The van der Waals surface area contributed by atoms with Gasteiger partial charge < -0.3 is 5.32 Å². The average molecular weight is 348 g/mol. The SMILES string of the molecule is CNC(=O)c1nn(CN2CCC2c2ccccc2)c(=O)c2ccccc12. The molecule has 0 saturated carbocycles. The van der Waals surface area contributed by atoms with E-state index < -0.39 is 0 Å². The third-order valence-electron chi connectivity index (χ3n) is 4.94. The molecular weight excluding hydrogens is 328 g/mol. The van der Waals surface area contributed by atoms with Gasteiger partial charge in [-0.3, -0.25) is 14.5 Å². The fourth-order valence-corrected chi connectivity index (χ4v) is 3.45. The van der Waals surface area contributed by atoms with E-state index in [0.717, 1.165) is 13.0 Å². The maximum Gasteiger partial charge on any atom is 0.275 e. The standard InChI is InChI=1S/C20H20N4O2/c1-21-19(25)18-15-9-5-6-10-16(15)20(26)24(22-18)13-23-12-11-17(23)14-7-3-2-4-8-14/h2-10,17H,11-13H2,1H3,(H,21,25). The minimum Gasteiger partial charge on any atom is -0.354 e. The number of rotatable bonds is 4. The molecule has 0 spiro atoms. The van der Waals surface area contributed by atoms with Gasteiger partial charge in [-0.05, 0) is 18.1 Å². The minimum absolute atomic E-state index is 0.174. The van der Waals surface area contributed by atoms with Crippen molar-refractivity contribution in [3.8, 4) is 0 Å². The van der Waals surface area contributed by atoms with Crippen molar-refractivity contribution in [2.45, 2.75) is 19.1 Å². The Morgan fingerprint density at radius 3 is 2.46 bits per heavy atom. The number of fused-ring (bicyclic) bond motifs is 1. The van der Waals surface area contributed by atoms with Crippen molar-refractivity contribution in [2.75, 3.05) is 13.6 Å². The number of amides is 1. The van der Waals surface area contributed by atoms with Crippen LogP contribution in [0.25, 0.3) is 10.8 Å².